The minimum absolute atomic E-state index is 0.0147. The molecule has 0 saturated carbocycles. The Balaban J connectivity index is 1.50. The van der Waals surface area contributed by atoms with Crippen molar-refractivity contribution in [2.24, 2.45) is 11.8 Å². The van der Waals surface area contributed by atoms with Crippen LogP contribution in [0.1, 0.15) is 29.2 Å². The predicted octanol–water partition coefficient (Wildman–Crippen LogP) is 2.64. The van der Waals surface area contributed by atoms with Gasteiger partial charge in [-0.1, -0.05) is 24.3 Å². The molecule has 0 aliphatic carbocycles. The van der Waals surface area contributed by atoms with Gasteiger partial charge in [0.25, 0.3) is 0 Å². The van der Waals surface area contributed by atoms with E-state index in [0.717, 1.165) is 11.1 Å². The molecule has 3 heterocycles. The molecule has 5 atom stereocenters. The number of imide groups is 1. The van der Waals surface area contributed by atoms with E-state index >= 15 is 0 Å². The lowest BCUT2D eigenvalue weighted by Crippen LogP contribution is -2.39. The molecule has 3 saturated heterocycles. The Labute approximate surface area is 179 Å². The van der Waals surface area contributed by atoms with E-state index < -0.39 is 11.8 Å². The summed E-state index contributed by atoms with van der Waals surface area (Å²) in [6.07, 6.45) is 0.717. The lowest BCUT2D eigenvalue weighted by atomic mass is 9.85. The van der Waals surface area contributed by atoms with Crippen LogP contribution in [0.3, 0.4) is 0 Å². The van der Waals surface area contributed by atoms with Gasteiger partial charge in [-0.05, 0) is 41.8 Å². The van der Waals surface area contributed by atoms with Gasteiger partial charge in [0.2, 0.25) is 11.8 Å². The second kappa shape index (κ2) is 7.56. The van der Waals surface area contributed by atoms with Gasteiger partial charge in [-0.3, -0.25) is 19.4 Å². The summed E-state index contributed by atoms with van der Waals surface area (Å²) >= 11 is 0. The SMILES string of the molecule is CO[C@H]1C[C@H]2[C@@H]3C(=O)N(Cc4ccc(F)cc4)C(=O)[C@@H]3[C@H](c3ccc(C#N)cc3)N2C1. The van der Waals surface area contributed by atoms with Crippen molar-refractivity contribution in [3.05, 3.63) is 71.0 Å². The van der Waals surface area contributed by atoms with Gasteiger partial charge >= 0.3 is 0 Å². The van der Waals surface area contributed by atoms with Crippen LogP contribution >= 0.6 is 0 Å². The summed E-state index contributed by atoms with van der Waals surface area (Å²) in [7, 11) is 1.67. The molecule has 0 bridgehead atoms. The number of hydrogen-bond donors (Lipinski definition) is 0. The van der Waals surface area contributed by atoms with Crippen LogP contribution in [0.15, 0.2) is 48.5 Å². The largest absolute Gasteiger partial charge is 0.380 e. The van der Waals surface area contributed by atoms with Crippen molar-refractivity contribution in [3.8, 4) is 6.07 Å². The van der Waals surface area contributed by atoms with E-state index in [1.807, 2.05) is 12.1 Å². The molecule has 3 fully saturated rings. The molecule has 3 aliphatic heterocycles. The molecule has 2 amide bonds. The Morgan fingerprint density at radius 2 is 1.74 bits per heavy atom. The van der Waals surface area contributed by atoms with E-state index in [2.05, 4.69) is 11.0 Å². The number of rotatable bonds is 4. The Morgan fingerprint density at radius 3 is 2.39 bits per heavy atom. The quantitative estimate of drug-likeness (QED) is 0.713. The number of amides is 2. The number of nitriles is 1. The smallest absolute Gasteiger partial charge is 0.235 e. The first-order valence-corrected chi connectivity index (χ1v) is 10.4. The third-order valence-corrected chi connectivity index (χ3v) is 6.91. The maximum absolute atomic E-state index is 13.5. The summed E-state index contributed by atoms with van der Waals surface area (Å²) in [4.78, 5) is 30.4. The molecular formula is C24H22FN3O3. The summed E-state index contributed by atoms with van der Waals surface area (Å²) in [6.45, 7) is 0.808. The molecule has 31 heavy (non-hydrogen) atoms. The van der Waals surface area contributed by atoms with Gasteiger partial charge in [0.05, 0.1) is 36.1 Å². The van der Waals surface area contributed by atoms with Crippen LogP contribution in [0.4, 0.5) is 4.39 Å². The molecule has 7 heteroatoms. The van der Waals surface area contributed by atoms with Gasteiger partial charge in [0.15, 0.2) is 0 Å². The predicted molar refractivity (Wildman–Crippen MR) is 109 cm³/mol. The molecule has 6 nitrogen and oxygen atoms in total. The zero-order valence-corrected chi connectivity index (χ0v) is 17.1. The van der Waals surface area contributed by atoms with E-state index in [9.17, 15) is 14.0 Å². The van der Waals surface area contributed by atoms with Gasteiger partial charge in [0, 0.05) is 25.7 Å². The first-order valence-electron chi connectivity index (χ1n) is 10.4. The molecule has 2 aromatic rings. The highest BCUT2D eigenvalue weighted by Gasteiger charge is 2.64. The Hall–Kier alpha value is -3.08. The fourth-order valence-electron chi connectivity index (χ4n) is 5.49. The molecule has 3 aliphatic rings. The van der Waals surface area contributed by atoms with E-state index in [1.54, 1.807) is 31.4 Å². The summed E-state index contributed by atoms with van der Waals surface area (Å²) in [6, 6.07) is 14.9. The number of methoxy groups -OCH3 is 1. The van der Waals surface area contributed by atoms with Crippen LogP contribution in [0.2, 0.25) is 0 Å². The fourth-order valence-corrected chi connectivity index (χ4v) is 5.49. The van der Waals surface area contributed by atoms with Crippen LogP contribution in [0.5, 0.6) is 0 Å². The topological polar surface area (TPSA) is 73.6 Å². The van der Waals surface area contributed by atoms with E-state index in [-0.39, 0.29) is 42.4 Å². The maximum Gasteiger partial charge on any atom is 0.235 e. The average molecular weight is 419 g/mol. The molecule has 0 spiro atoms. The van der Waals surface area contributed by atoms with E-state index in [4.69, 9.17) is 10.00 Å². The van der Waals surface area contributed by atoms with Crippen molar-refractivity contribution >= 4 is 11.8 Å². The number of benzene rings is 2. The van der Waals surface area contributed by atoms with Gasteiger partial charge in [-0.2, -0.15) is 5.26 Å². The highest BCUT2D eigenvalue weighted by Crippen LogP contribution is 2.53. The Kier molecular flexibility index (Phi) is 4.84. The first kappa shape index (κ1) is 19.9. The Bertz CT molecular complexity index is 1060. The lowest BCUT2D eigenvalue weighted by molar-refractivity contribution is -0.142. The van der Waals surface area contributed by atoms with Gasteiger partial charge < -0.3 is 4.74 Å². The van der Waals surface area contributed by atoms with Gasteiger partial charge in [0.1, 0.15) is 5.82 Å². The van der Waals surface area contributed by atoms with E-state index in [0.29, 0.717) is 18.5 Å². The third-order valence-electron chi connectivity index (χ3n) is 6.91. The molecular weight excluding hydrogens is 397 g/mol. The highest BCUT2D eigenvalue weighted by atomic mass is 19.1. The number of hydrogen-bond acceptors (Lipinski definition) is 5. The number of halogens is 1. The first-order chi connectivity index (χ1) is 15.0. The summed E-state index contributed by atoms with van der Waals surface area (Å²) in [5.41, 5.74) is 2.20. The van der Waals surface area contributed by atoms with Crippen molar-refractivity contribution in [2.45, 2.75) is 31.2 Å². The third kappa shape index (κ3) is 3.14. The monoisotopic (exact) mass is 419 g/mol. The lowest BCUT2D eigenvalue weighted by Gasteiger charge is -2.29. The highest BCUT2D eigenvalue weighted by molar-refractivity contribution is 6.06. The molecule has 0 N–H and O–H groups in total. The van der Waals surface area contributed by atoms with Crippen LogP contribution in [0, 0.1) is 29.0 Å². The molecule has 158 valence electrons. The number of carbonyl (C=O) groups excluding carboxylic acids is 2. The number of carbonyl (C=O) groups is 2. The van der Waals surface area contributed by atoms with Gasteiger partial charge in [-0.25, -0.2) is 4.39 Å². The van der Waals surface area contributed by atoms with Crippen LogP contribution in [0.25, 0.3) is 0 Å². The normalized spacial score (nSPS) is 29.8. The molecule has 0 unspecified atom stereocenters. The second-order valence-electron chi connectivity index (χ2n) is 8.48. The van der Waals surface area contributed by atoms with Gasteiger partial charge in [-0.15, -0.1) is 0 Å². The van der Waals surface area contributed by atoms with Crippen molar-refractivity contribution < 1.29 is 18.7 Å². The molecule has 2 aromatic carbocycles. The summed E-state index contributed by atoms with van der Waals surface area (Å²) in [5, 5.41) is 9.12. The standard InChI is InChI=1S/C24H22FN3O3/c1-31-18-10-19-20-21(22(27(19)13-18)16-6-2-14(11-26)3-7-16)24(30)28(23(20)29)12-15-4-8-17(25)9-5-15/h2-9,18-22H,10,12-13H2,1H3/t18-,19-,20-,21-,22-/m0/s1. The number of ether oxygens (including phenoxy) is 1. The van der Waals surface area contributed by atoms with Crippen molar-refractivity contribution in [3.63, 3.8) is 0 Å². The summed E-state index contributed by atoms with van der Waals surface area (Å²) in [5.74, 6) is -1.59. The zero-order chi connectivity index (χ0) is 21.7. The maximum atomic E-state index is 13.5. The number of nitrogens with zero attached hydrogens (tertiary/aromatic N) is 3. The van der Waals surface area contributed by atoms with Crippen molar-refractivity contribution in [2.75, 3.05) is 13.7 Å². The number of likely N-dealkylation sites (tertiary alicyclic amines) is 1. The minimum Gasteiger partial charge on any atom is -0.380 e. The van der Waals surface area contributed by atoms with Crippen molar-refractivity contribution in [1.82, 2.24) is 9.80 Å². The number of fused-ring (bicyclic) bond motifs is 3. The molecule has 5 rings (SSSR count). The average Bonchev–Trinajstić information content (AvgIpc) is 3.40. The van der Waals surface area contributed by atoms with Crippen molar-refractivity contribution in [1.29, 1.82) is 5.26 Å². The van der Waals surface area contributed by atoms with Crippen LogP contribution < -0.4 is 0 Å². The molecule has 0 aromatic heterocycles. The minimum atomic E-state index is -0.469. The summed E-state index contributed by atoms with van der Waals surface area (Å²) < 4.78 is 18.8. The fraction of sp³-hybridized carbons (Fsp3) is 0.375. The Morgan fingerprint density at radius 1 is 1.06 bits per heavy atom. The van der Waals surface area contributed by atoms with E-state index in [1.165, 1.54) is 17.0 Å². The molecule has 0 radical (unpaired) electrons. The van der Waals surface area contributed by atoms with Crippen LogP contribution in [-0.4, -0.2) is 47.4 Å². The second-order valence-corrected chi connectivity index (χ2v) is 8.48. The zero-order valence-electron chi connectivity index (χ0n) is 17.1. The van der Waals surface area contributed by atoms with Crippen LogP contribution in [-0.2, 0) is 20.9 Å².